The van der Waals surface area contributed by atoms with Crippen LogP contribution in [0.4, 0.5) is 0 Å². The van der Waals surface area contributed by atoms with E-state index in [0.29, 0.717) is 25.8 Å². The molecule has 1 saturated heterocycles. The number of hydrogen-bond donors (Lipinski definition) is 2. The molecule has 2 fully saturated rings. The molecule has 0 bridgehead atoms. The van der Waals surface area contributed by atoms with Crippen LogP contribution in [0.2, 0.25) is 0 Å². The summed E-state index contributed by atoms with van der Waals surface area (Å²) in [4.78, 5) is 36.9. The van der Waals surface area contributed by atoms with Gasteiger partial charge in [0.25, 0.3) is 0 Å². The number of aliphatic carboxylic acids is 1. The molecule has 0 aromatic rings. The highest BCUT2D eigenvalue weighted by molar-refractivity contribution is 5.90. The summed E-state index contributed by atoms with van der Waals surface area (Å²) in [5, 5.41) is 9.26. The molecule has 4 atom stereocenters. The van der Waals surface area contributed by atoms with Crippen molar-refractivity contribution in [3.05, 3.63) is 0 Å². The highest BCUT2D eigenvalue weighted by atomic mass is 16.4. The highest BCUT2D eigenvalue weighted by Gasteiger charge is 2.44. The molecule has 3 N–H and O–H groups in total. The number of nitrogens with two attached hydrogens (primary N) is 1. The van der Waals surface area contributed by atoms with Crippen LogP contribution in [-0.4, -0.2) is 40.4 Å². The second-order valence-electron chi connectivity index (χ2n) is 6.07. The average Bonchev–Trinajstić information content (AvgIpc) is 2.80. The van der Waals surface area contributed by atoms with Gasteiger partial charge >= 0.3 is 5.97 Å². The second kappa shape index (κ2) is 5.81. The summed E-state index contributed by atoms with van der Waals surface area (Å²) < 4.78 is 0. The van der Waals surface area contributed by atoms with Gasteiger partial charge in [0, 0.05) is 6.54 Å². The predicted octanol–water partition coefficient (Wildman–Crippen LogP) is 0.600. The maximum atomic E-state index is 12.6. The molecule has 2 aliphatic rings. The largest absolute Gasteiger partial charge is 0.481 e. The molecular formula is C14H22N2O4. The lowest BCUT2D eigenvalue weighted by Crippen LogP contribution is -2.53. The first-order chi connectivity index (χ1) is 9.41. The van der Waals surface area contributed by atoms with Gasteiger partial charge in [-0.15, -0.1) is 0 Å². The number of carboxylic acid groups (broad SMARTS) is 1. The summed E-state index contributed by atoms with van der Waals surface area (Å²) in [7, 11) is 0. The maximum absolute atomic E-state index is 12.6. The van der Waals surface area contributed by atoms with Gasteiger partial charge in [-0.3, -0.25) is 14.4 Å². The van der Waals surface area contributed by atoms with Crippen LogP contribution < -0.4 is 5.73 Å². The lowest BCUT2D eigenvalue weighted by atomic mass is 9.92. The van der Waals surface area contributed by atoms with E-state index in [1.165, 1.54) is 4.90 Å². The molecule has 2 rings (SSSR count). The van der Waals surface area contributed by atoms with Crippen molar-refractivity contribution in [2.45, 2.75) is 45.1 Å². The first-order valence-corrected chi connectivity index (χ1v) is 7.24. The average molecular weight is 282 g/mol. The molecule has 6 heteroatoms. The number of carbonyl (C=O) groups is 3. The molecule has 2 amide bonds. The van der Waals surface area contributed by atoms with Gasteiger partial charge in [-0.2, -0.15) is 0 Å². The summed E-state index contributed by atoms with van der Waals surface area (Å²) in [6.45, 7) is 2.47. The molecule has 1 aliphatic heterocycles. The van der Waals surface area contributed by atoms with E-state index >= 15 is 0 Å². The third kappa shape index (κ3) is 2.78. The van der Waals surface area contributed by atoms with Crippen molar-refractivity contribution in [2.24, 2.45) is 23.5 Å². The standard InChI is InChI=1S/C14H22N2O4/c1-8-6-9(10(7-8)14(19)20)13(18)16-5-3-2-4-11(16)12(15)17/h8-11H,2-7H2,1H3,(H2,15,17)(H,19,20)/t8?,9-,10+,11?/m0/s1. The van der Waals surface area contributed by atoms with Crippen LogP contribution in [0.5, 0.6) is 0 Å². The zero-order valence-corrected chi connectivity index (χ0v) is 11.7. The summed E-state index contributed by atoms with van der Waals surface area (Å²) in [6.07, 6.45) is 3.41. The van der Waals surface area contributed by atoms with Crippen LogP contribution >= 0.6 is 0 Å². The van der Waals surface area contributed by atoms with Crippen molar-refractivity contribution in [3.8, 4) is 0 Å². The van der Waals surface area contributed by atoms with Crippen LogP contribution in [0.1, 0.15) is 39.0 Å². The van der Waals surface area contributed by atoms with Crippen molar-refractivity contribution in [1.29, 1.82) is 0 Å². The molecule has 0 radical (unpaired) electrons. The summed E-state index contributed by atoms with van der Waals surface area (Å²) in [6, 6.07) is -0.568. The normalized spacial score (nSPS) is 34.0. The number of rotatable bonds is 3. The smallest absolute Gasteiger partial charge is 0.307 e. The van der Waals surface area contributed by atoms with E-state index in [1.54, 1.807) is 0 Å². The van der Waals surface area contributed by atoms with E-state index < -0.39 is 29.8 Å². The molecule has 1 heterocycles. The Labute approximate surface area is 118 Å². The van der Waals surface area contributed by atoms with E-state index in [9.17, 15) is 19.5 Å². The Balaban J connectivity index is 2.16. The van der Waals surface area contributed by atoms with E-state index in [1.807, 2.05) is 6.92 Å². The van der Waals surface area contributed by atoms with Gasteiger partial charge in [0.1, 0.15) is 6.04 Å². The quantitative estimate of drug-likeness (QED) is 0.791. The number of carbonyl (C=O) groups excluding carboxylic acids is 2. The molecule has 0 aromatic heterocycles. The molecule has 1 aliphatic carbocycles. The molecule has 0 spiro atoms. The number of primary amides is 1. The number of amides is 2. The fraction of sp³-hybridized carbons (Fsp3) is 0.786. The lowest BCUT2D eigenvalue weighted by molar-refractivity contribution is -0.152. The molecule has 6 nitrogen and oxygen atoms in total. The van der Waals surface area contributed by atoms with Crippen molar-refractivity contribution in [2.75, 3.05) is 6.54 Å². The summed E-state index contributed by atoms with van der Waals surface area (Å²) in [5.41, 5.74) is 5.37. The number of likely N-dealkylation sites (tertiary alicyclic amines) is 1. The first kappa shape index (κ1) is 14.8. The van der Waals surface area contributed by atoms with E-state index in [2.05, 4.69) is 0 Å². The van der Waals surface area contributed by atoms with Crippen LogP contribution in [-0.2, 0) is 14.4 Å². The van der Waals surface area contributed by atoms with Crippen molar-refractivity contribution in [3.63, 3.8) is 0 Å². The SMILES string of the molecule is CC1C[C@H](C(=O)N2CCCCC2C(N)=O)[C@H](C(=O)O)C1. The number of nitrogens with zero attached hydrogens (tertiary/aromatic N) is 1. The topological polar surface area (TPSA) is 101 Å². The zero-order chi connectivity index (χ0) is 14.9. The first-order valence-electron chi connectivity index (χ1n) is 7.24. The Hall–Kier alpha value is -1.59. The van der Waals surface area contributed by atoms with Gasteiger partial charge in [-0.1, -0.05) is 6.92 Å². The number of piperidine rings is 1. The van der Waals surface area contributed by atoms with Gasteiger partial charge in [0.15, 0.2) is 0 Å². The Morgan fingerprint density at radius 3 is 2.40 bits per heavy atom. The minimum atomic E-state index is -0.916. The molecule has 2 unspecified atom stereocenters. The van der Waals surface area contributed by atoms with Gasteiger partial charge in [-0.25, -0.2) is 0 Å². The van der Waals surface area contributed by atoms with Crippen LogP contribution in [0.3, 0.4) is 0 Å². The van der Waals surface area contributed by atoms with E-state index in [4.69, 9.17) is 5.73 Å². The number of hydrogen-bond acceptors (Lipinski definition) is 3. The lowest BCUT2D eigenvalue weighted by Gasteiger charge is -2.36. The van der Waals surface area contributed by atoms with Crippen LogP contribution in [0.15, 0.2) is 0 Å². The monoisotopic (exact) mass is 282 g/mol. The van der Waals surface area contributed by atoms with Crippen molar-refractivity contribution in [1.82, 2.24) is 4.90 Å². The second-order valence-corrected chi connectivity index (χ2v) is 6.07. The van der Waals surface area contributed by atoms with Crippen LogP contribution in [0, 0.1) is 17.8 Å². The minimum absolute atomic E-state index is 0.203. The van der Waals surface area contributed by atoms with Crippen LogP contribution in [0.25, 0.3) is 0 Å². The molecule has 20 heavy (non-hydrogen) atoms. The molecule has 0 aromatic carbocycles. The fourth-order valence-electron chi connectivity index (χ4n) is 3.54. The van der Waals surface area contributed by atoms with E-state index in [-0.39, 0.29) is 11.8 Å². The van der Waals surface area contributed by atoms with Crippen molar-refractivity contribution < 1.29 is 19.5 Å². The predicted molar refractivity (Wildman–Crippen MR) is 71.6 cm³/mol. The minimum Gasteiger partial charge on any atom is -0.481 e. The Kier molecular flexibility index (Phi) is 4.30. The number of carboxylic acids is 1. The zero-order valence-electron chi connectivity index (χ0n) is 11.7. The fourth-order valence-corrected chi connectivity index (χ4v) is 3.54. The van der Waals surface area contributed by atoms with E-state index in [0.717, 1.165) is 12.8 Å². The third-order valence-corrected chi connectivity index (χ3v) is 4.55. The van der Waals surface area contributed by atoms with Crippen molar-refractivity contribution >= 4 is 17.8 Å². The molecular weight excluding hydrogens is 260 g/mol. The summed E-state index contributed by atoms with van der Waals surface area (Å²) in [5.74, 6) is -2.53. The van der Waals surface area contributed by atoms with Gasteiger partial charge in [-0.05, 0) is 38.0 Å². The van der Waals surface area contributed by atoms with Gasteiger partial charge in [0.05, 0.1) is 11.8 Å². The van der Waals surface area contributed by atoms with Gasteiger partial charge in [0.2, 0.25) is 11.8 Å². The third-order valence-electron chi connectivity index (χ3n) is 4.55. The Morgan fingerprint density at radius 1 is 1.15 bits per heavy atom. The molecule has 112 valence electrons. The maximum Gasteiger partial charge on any atom is 0.307 e. The molecule has 1 saturated carbocycles. The van der Waals surface area contributed by atoms with Gasteiger partial charge < -0.3 is 15.7 Å². The summed E-state index contributed by atoms with van der Waals surface area (Å²) >= 11 is 0. The Bertz CT molecular complexity index is 403. The Morgan fingerprint density at radius 2 is 1.80 bits per heavy atom. The highest BCUT2D eigenvalue weighted by Crippen LogP contribution is 2.38.